The third-order valence-electron chi connectivity index (χ3n) is 2.33. The van der Waals surface area contributed by atoms with Gasteiger partial charge in [0.25, 0.3) is 0 Å². The van der Waals surface area contributed by atoms with Crippen molar-refractivity contribution < 1.29 is 24.0 Å². The van der Waals surface area contributed by atoms with E-state index >= 15 is 0 Å². The van der Waals surface area contributed by atoms with E-state index in [9.17, 15) is 4.79 Å². The molecule has 0 amide bonds. The van der Waals surface area contributed by atoms with Gasteiger partial charge in [-0.15, -0.1) is 9.78 Å². The first kappa shape index (κ1) is 12.6. The van der Waals surface area contributed by atoms with Gasteiger partial charge in [0.05, 0.1) is 0 Å². The van der Waals surface area contributed by atoms with Gasteiger partial charge in [0, 0.05) is 0 Å². The number of ether oxygens (including phenoxy) is 2. The minimum absolute atomic E-state index is 0.448. The number of hydrogen-bond donors (Lipinski definition) is 0. The van der Waals surface area contributed by atoms with Crippen molar-refractivity contribution in [2.45, 2.75) is 25.4 Å². The van der Waals surface area contributed by atoms with Crippen LogP contribution in [0.15, 0.2) is 43.0 Å². The minimum Gasteiger partial charge on any atom is -0.448 e. The Labute approximate surface area is 105 Å². The van der Waals surface area contributed by atoms with Gasteiger partial charge in [0.15, 0.2) is 0 Å². The second kappa shape index (κ2) is 4.44. The van der Waals surface area contributed by atoms with Crippen LogP contribution >= 0.6 is 0 Å². The normalized spacial score (nSPS) is 16.8. The summed E-state index contributed by atoms with van der Waals surface area (Å²) in [4.78, 5) is 21.1. The van der Waals surface area contributed by atoms with Crippen LogP contribution in [0.1, 0.15) is 13.8 Å². The summed E-state index contributed by atoms with van der Waals surface area (Å²) in [6, 6.07) is 8.72. The molecule has 1 aromatic carbocycles. The Balaban J connectivity index is 2.04. The SMILES string of the molecule is C=CC(C)(C)OC(=O)C1(Oc2ccccc2)OO1. The third kappa shape index (κ3) is 2.69. The molecule has 18 heavy (non-hydrogen) atoms. The number of para-hydroxylation sites is 1. The summed E-state index contributed by atoms with van der Waals surface area (Å²) in [5, 5.41) is 0. The topological polar surface area (TPSA) is 60.6 Å². The highest BCUT2D eigenvalue weighted by atomic mass is 17.5. The molecular formula is C13H14O5. The van der Waals surface area contributed by atoms with E-state index in [2.05, 4.69) is 16.4 Å². The van der Waals surface area contributed by atoms with Crippen molar-refractivity contribution >= 4 is 5.97 Å². The van der Waals surface area contributed by atoms with Crippen LogP contribution < -0.4 is 4.74 Å². The van der Waals surface area contributed by atoms with Crippen molar-refractivity contribution in [2.75, 3.05) is 0 Å². The Bertz CT molecular complexity index is 448. The summed E-state index contributed by atoms with van der Waals surface area (Å²) in [7, 11) is 0. The Kier molecular flexibility index (Phi) is 3.11. The molecule has 1 aliphatic heterocycles. The van der Waals surface area contributed by atoms with E-state index in [1.165, 1.54) is 6.08 Å². The molecule has 5 heteroatoms. The monoisotopic (exact) mass is 250 g/mol. The first-order valence-corrected chi connectivity index (χ1v) is 5.45. The van der Waals surface area contributed by atoms with E-state index in [0.717, 1.165) is 0 Å². The van der Waals surface area contributed by atoms with Crippen LogP contribution in [0.3, 0.4) is 0 Å². The van der Waals surface area contributed by atoms with E-state index in [0.29, 0.717) is 5.75 Å². The second-order valence-electron chi connectivity index (χ2n) is 4.34. The zero-order valence-electron chi connectivity index (χ0n) is 10.2. The molecule has 0 atom stereocenters. The Morgan fingerprint density at radius 3 is 2.44 bits per heavy atom. The zero-order chi connectivity index (χ0) is 13.2. The van der Waals surface area contributed by atoms with Crippen LogP contribution in [-0.4, -0.2) is 17.5 Å². The first-order valence-electron chi connectivity index (χ1n) is 5.45. The van der Waals surface area contributed by atoms with Crippen molar-refractivity contribution in [1.82, 2.24) is 0 Å². The van der Waals surface area contributed by atoms with Crippen molar-refractivity contribution in [3.8, 4) is 5.75 Å². The van der Waals surface area contributed by atoms with Crippen LogP contribution in [0.5, 0.6) is 5.75 Å². The summed E-state index contributed by atoms with van der Waals surface area (Å²) < 4.78 is 10.5. The van der Waals surface area contributed by atoms with E-state index in [1.807, 2.05) is 6.07 Å². The van der Waals surface area contributed by atoms with Gasteiger partial charge in [-0.2, -0.15) is 0 Å². The largest absolute Gasteiger partial charge is 0.484 e. The molecule has 1 fully saturated rings. The van der Waals surface area contributed by atoms with E-state index in [-0.39, 0.29) is 0 Å². The molecule has 1 saturated heterocycles. The maximum atomic E-state index is 11.9. The first-order chi connectivity index (χ1) is 8.47. The lowest BCUT2D eigenvalue weighted by Crippen LogP contribution is -2.38. The molecule has 1 aliphatic rings. The summed E-state index contributed by atoms with van der Waals surface area (Å²) in [5.41, 5.74) is -0.820. The highest BCUT2D eigenvalue weighted by Gasteiger charge is 2.63. The van der Waals surface area contributed by atoms with E-state index in [4.69, 9.17) is 9.47 Å². The molecule has 5 nitrogen and oxygen atoms in total. The number of esters is 1. The van der Waals surface area contributed by atoms with Gasteiger partial charge in [0.2, 0.25) is 0 Å². The number of rotatable bonds is 5. The molecule has 0 N–H and O–H groups in total. The zero-order valence-corrected chi connectivity index (χ0v) is 10.2. The molecule has 0 aromatic heterocycles. The van der Waals surface area contributed by atoms with Gasteiger partial charge >= 0.3 is 11.9 Å². The van der Waals surface area contributed by atoms with E-state index in [1.54, 1.807) is 38.1 Å². The predicted molar refractivity (Wildman–Crippen MR) is 62.3 cm³/mol. The quantitative estimate of drug-likeness (QED) is 0.347. The van der Waals surface area contributed by atoms with Gasteiger partial charge in [0.1, 0.15) is 11.4 Å². The average molecular weight is 250 g/mol. The lowest BCUT2D eigenvalue weighted by atomic mass is 10.1. The van der Waals surface area contributed by atoms with Gasteiger partial charge in [-0.1, -0.05) is 24.8 Å². The molecule has 0 radical (unpaired) electrons. The Morgan fingerprint density at radius 1 is 1.33 bits per heavy atom. The lowest BCUT2D eigenvalue weighted by molar-refractivity contribution is -0.173. The predicted octanol–water partition coefficient (Wildman–Crippen LogP) is 2.19. The summed E-state index contributed by atoms with van der Waals surface area (Å²) in [6.45, 7) is 6.95. The maximum Gasteiger partial charge on any atom is 0.484 e. The van der Waals surface area contributed by atoms with Gasteiger partial charge in [-0.05, 0) is 32.1 Å². The molecule has 0 saturated carbocycles. The van der Waals surface area contributed by atoms with E-state index < -0.39 is 17.5 Å². The summed E-state index contributed by atoms with van der Waals surface area (Å²) in [6.07, 6.45) is 1.50. The molecule has 0 bridgehead atoms. The average Bonchev–Trinajstić information content (AvgIpc) is 3.11. The second-order valence-corrected chi connectivity index (χ2v) is 4.34. The van der Waals surface area contributed by atoms with Crippen LogP contribution in [-0.2, 0) is 19.3 Å². The highest BCUT2D eigenvalue weighted by molar-refractivity contribution is 5.78. The smallest absolute Gasteiger partial charge is 0.448 e. The molecule has 0 unspecified atom stereocenters. The third-order valence-corrected chi connectivity index (χ3v) is 2.33. The van der Waals surface area contributed by atoms with Gasteiger partial charge < -0.3 is 9.47 Å². The van der Waals surface area contributed by atoms with Crippen LogP contribution in [0.2, 0.25) is 0 Å². The lowest BCUT2D eigenvalue weighted by Gasteiger charge is -2.21. The van der Waals surface area contributed by atoms with Crippen molar-refractivity contribution in [3.63, 3.8) is 0 Å². The molecular weight excluding hydrogens is 236 g/mol. The molecule has 2 rings (SSSR count). The van der Waals surface area contributed by atoms with Crippen LogP contribution in [0.25, 0.3) is 0 Å². The molecule has 0 aliphatic carbocycles. The molecule has 0 spiro atoms. The van der Waals surface area contributed by atoms with Crippen molar-refractivity contribution in [3.05, 3.63) is 43.0 Å². The minimum atomic E-state index is -1.79. The van der Waals surface area contributed by atoms with Crippen molar-refractivity contribution in [1.29, 1.82) is 0 Å². The molecule has 1 aromatic rings. The highest BCUT2D eigenvalue weighted by Crippen LogP contribution is 2.35. The van der Waals surface area contributed by atoms with Crippen LogP contribution in [0.4, 0.5) is 0 Å². The molecule has 96 valence electrons. The number of carbonyl (C=O) groups excluding carboxylic acids is 1. The standard InChI is InChI=1S/C13H14O5/c1-4-12(2,3)16-11(14)13(17-18-13)15-10-8-6-5-7-9-10/h4-9H,1H2,2-3H3. The Morgan fingerprint density at radius 2 is 1.94 bits per heavy atom. The maximum absolute atomic E-state index is 11.9. The number of benzene rings is 1. The van der Waals surface area contributed by atoms with Crippen LogP contribution in [0, 0.1) is 0 Å². The fraction of sp³-hybridized carbons (Fsp3) is 0.308. The number of hydrogen-bond acceptors (Lipinski definition) is 5. The fourth-order valence-electron chi connectivity index (χ4n) is 1.17. The van der Waals surface area contributed by atoms with Gasteiger partial charge in [-0.25, -0.2) is 4.79 Å². The molecule has 1 heterocycles. The van der Waals surface area contributed by atoms with Gasteiger partial charge in [-0.3, -0.25) is 0 Å². The van der Waals surface area contributed by atoms with Crippen molar-refractivity contribution in [2.24, 2.45) is 0 Å². The fourth-order valence-corrected chi connectivity index (χ4v) is 1.17. The summed E-state index contributed by atoms with van der Waals surface area (Å²) >= 11 is 0. The Hall–Kier alpha value is -1.85. The number of carbonyl (C=O) groups is 1. The summed E-state index contributed by atoms with van der Waals surface area (Å²) in [5.74, 6) is -2.10.